The van der Waals surface area contributed by atoms with Crippen LogP contribution < -0.4 is 4.90 Å². The molecule has 166 valence electrons. The van der Waals surface area contributed by atoms with Gasteiger partial charge in [-0.3, -0.25) is 29.1 Å². The highest BCUT2D eigenvalue weighted by molar-refractivity contribution is 7.22. The number of rotatable bonds is 7. The maximum atomic E-state index is 13.2. The number of imide groups is 1. The fourth-order valence-electron chi connectivity index (χ4n) is 3.95. The average molecular weight is 445 g/mol. The summed E-state index contributed by atoms with van der Waals surface area (Å²) in [6.45, 7) is 8.47. The first-order chi connectivity index (χ1) is 14.9. The molecule has 1 aromatic heterocycles. The Kier molecular flexibility index (Phi) is 6.64. The zero-order valence-corrected chi connectivity index (χ0v) is 18.9. The predicted octanol–water partition coefficient (Wildman–Crippen LogP) is 2.12. The van der Waals surface area contributed by atoms with Crippen molar-refractivity contribution in [3.05, 3.63) is 23.3 Å². The topological polar surface area (TPSA) is 83.0 Å². The molecule has 3 heterocycles. The molecule has 2 fully saturated rings. The summed E-state index contributed by atoms with van der Waals surface area (Å²) in [5.74, 6) is -0.816. The summed E-state index contributed by atoms with van der Waals surface area (Å²) in [7, 11) is 0. The second-order valence-electron chi connectivity index (χ2n) is 8.08. The lowest BCUT2D eigenvalue weighted by Gasteiger charge is -2.28. The molecule has 2 saturated heterocycles. The Bertz CT molecular complexity index is 983. The minimum Gasteiger partial charge on any atom is -0.379 e. The number of aryl methyl sites for hydroxylation is 2. The highest BCUT2D eigenvalue weighted by atomic mass is 32.1. The number of fused-ring (bicyclic) bond motifs is 1. The lowest BCUT2D eigenvalue weighted by molar-refractivity contribution is -0.141. The number of likely N-dealkylation sites (tertiary alicyclic amines) is 1. The molecule has 1 aromatic carbocycles. The summed E-state index contributed by atoms with van der Waals surface area (Å²) in [6.07, 6.45) is 1.15. The Morgan fingerprint density at radius 3 is 2.58 bits per heavy atom. The number of thiazole rings is 1. The van der Waals surface area contributed by atoms with Gasteiger partial charge in [0, 0.05) is 39.0 Å². The van der Waals surface area contributed by atoms with E-state index in [0.29, 0.717) is 11.7 Å². The van der Waals surface area contributed by atoms with E-state index in [0.717, 1.165) is 65.5 Å². The van der Waals surface area contributed by atoms with Crippen molar-refractivity contribution in [3.63, 3.8) is 0 Å². The predicted molar refractivity (Wildman–Crippen MR) is 119 cm³/mol. The van der Waals surface area contributed by atoms with Gasteiger partial charge in [-0.05, 0) is 37.5 Å². The van der Waals surface area contributed by atoms with E-state index >= 15 is 0 Å². The van der Waals surface area contributed by atoms with Gasteiger partial charge in [0.05, 0.1) is 23.4 Å². The summed E-state index contributed by atoms with van der Waals surface area (Å²) < 4.78 is 6.43. The SMILES string of the molecule is Cc1ccc2sc(N(CCCN3CCOCC3)C(=O)CN3C(=O)CCC3=O)nc2c1C. The number of carbonyl (C=O) groups excluding carboxylic acids is 3. The zero-order valence-electron chi connectivity index (χ0n) is 18.1. The Morgan fingerprint density at radius 1 is 1.16 bits per heavy atom. The van der Waals surface area contributed by atoms with Crippen LogP contribution in [0, 0.1) is 13.8 Å². The van der Waals surface area contributed by atoms with Crippen LogP contribution in [-0.4, -0.2) is 78.4 Å². The van der Waals surface area contributed by atoms with Crippen molar-refractivity contribution in [2.45, 2.75) is 33.1 Å². The first kappa shape index (κ1) is 21.9. The van der Waals surface area contributed by atoms with Gasteiger partial charge in [-0.1, -0.05) is 17.4 Å². The molecule has 0 radical (unpaired) electrons. The Hall–Kier alpha value is -2.36. The molecule has 31 heavy (non-hydrogen) atoms. The van der Waals surface area contributed by atoms with E-state index in [1.54, 1.807) is 4.90 Å². The molecule has 0 N–H and O–H groups in total. The molecule has 0 unspecified atom stereocenters. The van der Waals surface area contributed by atoms with Gasteiger partial charge in [-0.15, -0.1) is 0 Å². The van der Waals surface area contributed by atoms with Crippen molar-refractivity contribution in [1.29, 1.82) is 0 Å². The Balaban J connectivity index is 1.54. The van der Waals surface area contributed by atoms with Gasteiger partial charge in [-0.2, -0.15) is 0 Å². The normalized spacial score (nSPS) is 17.7. The molecule has 2 aliphatic rings. The molecule has 0 spiro atoms. The van der Waals surface area contributed by atoms with Crippen LogP contribution in [0.3, 0.4) is 0 Å². The molecule has 8 nitrogen and oxygen atoms in total. The van der Waals surface area contributed by atoms with E-state index in [4.69, 9.17) is 9.72 Å². The number of anilines is 1. The number of morpholine rings is 1. The molecule has 0 atom stereocenters. The Morgan fingerprint density at radius 2 is 1.87 bits per heavy atom. The lowest BCUT2D eigenvalue weighted by Crippen LogP contribution is -2.44. The number of aromatic nitrogens is 1. The second-order valence-corrected chi connectivity index (χ2v) is 9.09. The second kappa shape index (κ2) is 9.42. The standard InChI is InChI=1S/C22H28N4O4S/c1-15-4-5-17-21(16(15)2)23-22(31-17)25(9-3-8-24-10-12-30-13-11-24)20(29)14-26-18(27)6-7-19(26)28/h4-5H,3,6-14H2,1-2H3. The summed E-state index contributed by atoms with van der Waals surface area (Å²) in [4.78, 5) is 47.1. The first-order valence-electron chi connectivity index (χ1n) is 10.7. The minimum absolute atomic E-state index is 0.183. The van der Waals surface area contributed by atoms with Crippen molar-refractivity contribution >= 4 is 44.4 Å². The quantitative estimate of drug-likeness (QED) is 0.609. The fourth-order valence-corrected chi connectivity index (χ4v) is 5.02. The number of carbonyl (C=O) groups is 3. The maximum absolute atomic E-state index is 13.2. The van der Waals surface area contributed by atoms with Crippen LogP contribution in [0.4, 0.5) is 5.13 Å². The molecular weight excluding hydrogens is 416 g/mol. The zero-order chi connectivity index (χ0) is 22.0. The molecule has 2 aliphatic heterocycles. The van der Waals surface area contributed by atoms with Crippen LogP contribution in [0.1, 0.15) is 30.4 Å². The average Bonchev–Trinajstić information content (AvgIpc) is 3.33. The first-order valence-corrected chi connectivity index (χ1v) is 11.6. The van der Waals surface area contributed by atoms with Crippen LogP contribution in [-0.2, 0) is 19.1 Å². The van der Waals surface area contributed by atoms with E-state index < -0.39 is 0 Å². The van der Waals surface area contributed by atoms with Gasteiger partial charge < -0.3 is 4.74 Å². The number of amides is 3. The molecule has 3 amide bonds. The summed E-state index contributed by atoms with van der Waals surface area (Å²) in [6, 6.07) is 4.09. The van der Waals surface area contributed by atoms with Crippen LogP contribution in [0.2, 0.25) is 0 Å². The van der Waals surface area contributed by atoms with E-state index in [-0.39, 0.29) is 37.1 Å². The van der Waals surface area contributed by atoms with Crippen molar-refractivity contribution in [2.24, 2.45) is 0 Å². The number of ether oxygens (including phenoxy) is 1. The van der Waals surface area contributed by atoms with Crippen LogP contribution in [0.5, 0.6) is 0 Å². The lowest BCUT2D eigenvalue weighted by atomic mass is 10.1. The van der Waals surface area contributed by atoms with Gasteiger partial charge in [0.25, 0.3) is 0 Å². The van der Waals surface area contributed by atoms with Crippen molar-refractivity contribution in [3.8, 4) is 0 Å². The maximum Gasteiger partial charge on any atom is 0.248 e. The number of hydrogen-bond acceptors (Lipinski definition) is 7. The van der Waals surface area contributed by atoms with Gasteiger partial charge in [0.1, 0.15) is 6.54 Å². The molecule has 0 saturated carbocycles. The van der Waals surface area contributed by atoms with Crippen molar-refractivity contribution in [1.82, 2.24) is 14.8 Å². The number of nitrogens with zero attached hydrogens (tertiary/aromatic N) is 4. The van der Waals surface area contributed by atoms with E-state index in [9.17, 15) is 14.4 Å². The van der Waals surface area contributed by atoms with Gasteiger partial charge in [-0.25, -0.2) is 4.98 Å². The van der Waals surface area contributed by atoms with Gasteiger partial charge in [0.2, 0.25) is 17.7 Å². The molecule has 0 bridgehead atoms. The molecule has 4 rings (SSSR count). The highest BCUT2D eigenvalue weighted by Gasteiger charge is 2.32. The number of hydrogen-bond donors (Lipinski definition) is 0. The smallest absolute Gasteiger partial charge is 0.248 e. The molecule has 9 heteroatoms. The number of benzene rings is 1. The van der Waals surface area contributed by atoms with Crippen LogP contribution >= 0.6 is 11.3 Å². The summed E-state index contributed by atoms with van der Waals surface area (Å²) >= 11 is 1.47. The highest BCUT2D eigenvalue weighted by Crippen LogP contribution is 2.32. The largest absolute Gasteiger partial charge is 0.379 e. The summed E-state index contributed by atoms with van der Waals surface area (Å²) in [5, 5.41) is 0.620. The van der Waals surface area contributed by atoms with Gasteiger partial charge in [0.15, 0.2) is 5.13 Å². The third-order valence-corrected chi connectivity index (χ3v) is 7.06. The third-order valence-electron chi connectivity index (χ3n) is 6.01. The molecule has 2 aromatic rings. The van der Waals surface area contributed by atoms with Crippen molar-refractivity contribution < 1.29 is 19.1 Å². The molecule has 0 aliphatic carbocycles. The van der Waals surface area contributed by atoms with Gasteiger partial charge >= 0.3 is 0 Å². The third kappa shape index (κ3) is 4.78. The van der Waals surface area contributed by atoms with E-state index in [1.807, 2.05) is 19.9 Å². The van der Waals surface area contributed by atoms with Crippen LogP contribution in [0.25, 0.3) is 10.2 Å². The van der Waals surface area contributed by atoms with E-state index in [2.05, 4.69) is 11.0 Å². The van der Waals surface area contributed by atoms with Crippen molar-refractivity contribution in [2.75, 3.05) is 50.8 Å². The Labute approximate surface area is 185 Å². The van der Waals surface area contributed by atoms with E-state index in [1.165, 1.54) is 11.3 Å². The van der Waals surface area contributed by atoms with Crippen LogP contribution in [0.15, 0.2) is 12.1 Å². The summed E-state index contributed by atoms with van der Waals surface area (Å²) in [5.41, 5.74) is 3.16. The monoisotopic (exact) mass is 444 g/mol. The minimum atomic E-state index is -0.276. The fraction of sp³-hybridized carbons (Fsp3) is 0.545. The molecular formula is C22H28N4O4S.